The number of amides is 2. The number of nitrogens with zero attached hydrogens (tertiary/aromatic N) is 2. The van der Waals surface area contributed by atoms with Crippen LogP contribution in [0.2, 0.25) is 0 Å². The van der Waals surface area contributed by atoms with E-state index in [9.17, 15) is 9.59 Å². The zero-order valence-electron chi connectivity index (χ0n) is 16.5. The fourth-order valence-corrected chi connectivity index (χ4v) is 2.97. The number of ether oxygens (including phenoxy) is 1. The van der Waals surface area contributed by atoms with Gasteiger partial charge in [-0.2, -0.15) is 5.10 Å². The lowest BCUT2D eigenvalue weighted by Gasteiger charge is -2.30. The van der Waals surface area contributed by atoms with Crippen LogP contribution in [0.5, 0.6) is 0 Å². The number of carbonyl (C=O) groups is 2. The number of anilines is 1. The highest BCUT2D eigenvalue weighted by Gasteiger charge is 2.30. The number of fused-ring (bicyclic) bond motifs is 1. The summed E-state index contributed by atoms with van der Waals surface area (Å²) in [4.78, 5) is 26.7. The van der Waals surface area contributed by atoms with Gasteiger partial charge in [0.25, 0.3) is 5.91 Å². The summed E-state index contributed by atoms with van der Waals surface area (Å²) in [7, 11) is 0. The third-order valence-electron chi connectivity index (χ3n) is 4.57. The number of benzene rings is 1. The maximum absolute atomic E-state index is 12.7. The molecule has 1 aromatic carbocycles. The van der Waals surface area contributed by atoms with Crippen molar-refractivity contribution in [3.05, 3.63) is 46.3 Å². The van der Waals surface area contributed by atoms with E-state index in [0.29, 0.717) is 25.2 Å². The first-order valence-electron chi connectivity index (χ1n) is 9.06. The van der Waals surface area contributed by atoms with Gasteiger partial charge < -0.3 is 15.0 Å². The van der Waals surface area contributed by atoms with Gasteiger partial charge in [0.1, 0.15) is 5.60 Å². The van der Waals surface area contributed by atoms with Crippen molar-refractivity contribution in [2.75, 3.05) is 11.9 Å². The third kappa shape index (κ3) is 4.30. The topological polar surface area (TPSA) is 87.3 Å². The molecule has 0 radical (unpaired) electrons. The molecule has 2 amide bonds. The lowest BCUT2D eigenvalue weighted by atomic mass is 10.0. The van der Waals surface area contributed by atoms with Crippen molar-refractivity contribution < 1.29 is 14.3 Å². The first-order chi connectivity index (χ1) is 12.6. The van der Waals surface area contributed by atoms with Crippen molar-refractivity contribution >= 4 is 17.7 Å². The summed E-state index contributed by atoms with van der Waals surface area (Å²) in [6, 6.07) is 5.76. The Labute approximate surface area is 159 Å². The largest absolute Gasteiger partial charge is 0.444 e. The summed E-state index contributed by atoms with van der Waals surface area (Å²) in [6.45, 7) is 10.4. The Morgan fingerprint density at radius 1 is 1.22 bits per heavy atom. The van der Waals surface area contributed by atoms with Crippen molar-refractivity contribution in [1.82, 2.24) is 15.1 Å². The van der Waals surface area contributed by atoms with Crippen LogP contribution in [0.4, 0.5) is 10.5 Å². The van der Waals surface area contributed by atoms with Crippen molar-refractivity contribution in [3.8, 4) is 0 Å². The molecule has 0 spiro atoms. The average Bonchev–Trinajstić information content (AvgIpc) is 3.00. The van der Waals surface area contributed by atoms with Crippen LogP contribution in [0, 0.1) is 13.8 Å². The van der Waals surface area contributed by atoms with Crippen molar-refractivity contribution in [1.29, 1.82) is 0 Å². The van der Waals surface area contributed by atoms with Crippen molar-refractivity contribution in [2.45, 2.75) is 53.2 Å². The number of hydrogen-bond acceptors (Lipinski definition) is 4. The Balaban J connectivity index is 1.76. The van der Waals surface area contributed by atoms with Crippen LogP contribution < -0.4 is 5.32 Å². The minimum atomic E-state index is -0.558. The highest BCUT2D eigenvalue weighted by molar-refractivity contribution is 6.04. The minimum Gasteiger partial charge on any atom is -0.444 e. The molecule has 27 heavy (non-hydrogen) atoms. The Morgan fingerprint density at radius 3 is 2.63 bits per heavy atom. The SMILES string of the molecule is Cc1ccc(NC(=O)c2n[nH]c3c2CN(C(=O)OC(C)(C)C)CC3)cc1C. The maximum Gasteiger partial charge on any atom is 0.410 e. The van der Waals surface area contributed by atoms with Gasteiger partial charge >= 0.3 is 6.09 Å². The van der Waals surface area contributed by atoms with Gasteiger partial charge in [-0.15, -0.1) is 0 Å². The number of hydrogen-bond donors (Lipinski definition) is 2. The standard InChI is InChI=1S/C20H26N4O3/c1-12-6-7-14(10-13(12)2)21-18(25)17-15-11-24(9-8-16(15)22-23-17)19(26)27-20(3,4)5/h6-7,10H,8-9,11H2,1-5H3,(H,21,25)(H,22,23). The fourth-order valence-electron chi connectivity index (χ4n) is 2.97. The van der Waals surface area contributed by atoms with E-state index in [-0.39, 0.29) is 12.0 Å². The monoisotopic (exact) mass is 370 g/mol. The van der Waals surface area contributed by atoms with Gasteiger partial charge in [0.15, 0.2) is 5.69 Å². The zero-order valence-corrected chi connectivity index (χ0v) is 16.5. The summed E-state index contributed by atoms with van der Waals surface area (Å²) >= 11 is 0. The minimum absolute atomic E-state index is 0.290. The zero-order chi connectivity index (χ0) is 19.8. The van der Waals surface area contributed by atoms with Crippen LogP contribution in [0.15, 0.2) is 18.2 Å². The number of H-pyrrole nitrogens is 1. The number of nitrogens with one attached hydrogen (secondary N) is 2. The Morgan fingerprint density at radius 2 is 1.96 bits per heavy atom. The molecule has 7 heteroatoms. The third-order valence-corrected chi connectivity index (χ3v) is 4.57. The van der Waals surface area contributed by atoms with Gasteiger partial charge in [0, 0.05) is 29.9 Å². The molecule has 2 N–H and O–H groups in total. The van der Waals surface area contributed by atoms with E-state index in [2.05, 4.69) is 15.5 Å². The average molecular weight is 370 g/mol. The smallest absolute Gasteiger partial charge is 0.410 e. The Hall–Kier alpha value is -2.83. The van der Waals surface area contributed by atoms with E-state index in [4.69, 9.17) is 4.74 Å². The summed E-state index contributed by atoms with van der Waals surface area (Å²) in [5.74, 6) is -0.290. The van der Waals surface area contributed by atoms with Crippen molar-refractivity contribution in [3.63, 3.8) is 0 Å². The molecule has 0 unspecified atom stereocenters. The molecule has 1 aromatic heterocycles. The quantitative estimate of drug-likeness (QED) is 0.846. The number of carbonyl (C=O) groups excluding carboxylic acids is 2. The predicted octanol–water partition coefficient (Wildman–Crippen LogP) is 3.57. The molecule has 0 bridgehead atoms. The molecule has 0 aliphatic carbocycles. The molecule has 2 aromatic rings. The van der Waals surface area contributed by atoms with E-state index in [0.717, 1.165) is 28.1 Å². The number of aromatic nitrogens is 2. The van der Waals surface area contributed by atoms with Crippen LogP contribution in [0.25, 0.3) is 0 Å². The summed E-state index contributed by atoms with van der Waals surface area (Å²) in [6.07, 6.45) is 0.230. The van der Waals surface area contributed by atoms with Crippen LogP contribution in [0.1, 0.15) is 53.6 Å². The summed E-state index contributed by atoms with van der Waals surface area (Å²) in [5.41, 5.74) is 4.38. The first-order valence-corrected chi connectivity index (χ1v) is 9.06. The normalized spacial score (nSPS) is 13.9. The number of aryl methyl sites for hydroxylation is 2. The molecule has 0 saturated carbocycles. The van der Waals surface area contributed by atoms with Gasteiger partial charge in [-0.25, -0.2) is 4.79 Å². The van der Waals surface area contributed by atoms with Gasteiger partial charge in [-0.1, -0.05) is 6.07 Å². The predicted molar refractivity (Wildman–Crippen MR) is 103 cm³/mol. The molecule has 1 aliphatic heterocycles. The van der Waals surface area contributed by atoms with E-state index >= 15 is 0 Å². The molecule has 144 valence electrons. The fraction of sp³-hybridized carbons (Fsp3) is 0.450. The Kier molecular flexibility index (Phi) is 4.95. The van der Waals surface area contributed by atoms with E-state index in [1.54, 1.807) is 4.90 Å². The van der Waals surface area contributed by atoms with Crippen LogP contribution >= 0.6 is 0 Å². The molecular weight excluding hydrogens is 344 g/mol. The van der Waals surface area contributed by atoms with Gasteiger partial charge in [-0.05, 0) is 57.9 Å². The molecule has 0 atom stereocenters. The number of rotatable bonds is 2. The van der Waals surface area contributed by atoms with E-state index in [1.165, 1.54) is 0 Å². The lowest BCUT2D eigenvalue weighted by Crippen LogP contribution is -2.40. The van der Waals surface area contributed by atoms with Gasteiger partial charge in [0.05, 0.1) is 6.54 Å². The molecule has 1 aliphatic rings. The highest BCUT2D eigenvalue weighted by atomic mass is 16.6. The molecule has 0 fully saturated rings. The molecule has 0 saturated heterocycles. The second kappa shape index (κ2) is 7.06. The van der Waals surface area contributed by atoms with Crippen LogP contribution in [-0.4, -0.2) is 39.2 Å². The van der Waals surface area contributed by atoms with E-state index < -0.39 is 5.60 Å². The van der Waals surface area contributed by atoms with Crippen LogP contribution in [0.3, 0.4) is 0 Å². The van der Waals surface area contributed by atoms with Crippen LogP contribution in [-0.2, 0) is 17.7 Å². The highest BCUT2D eigenvalue weighted by Crippen LogP contribution is 2.23. The van der Waals surface area contributed by atoms with Gasteiger partial charge in [0.2, 0.25) is 0 Å². The molecule has 2 heterocycles. The van der Waals surface area contributed by atoms with E-state index in [1.807, 2.05) is 52.8 Å². The molecular formula is C20H26N4O3. The second-order valence-corrected chi connectivity index (χ2v) is 7.93. The first kappa shape index (κ1) is 18.9. The lowest BCUT2D eigenvalue weighted by molar-refractivity contribution is 0.0222. The Bertz CT molecular complexity index is 880. The summed E-state index contributed by atoms with van der Waals surface area (Å²) < 4.78 is 5.44. The second-order valence-electron chi connectivity index (χ2n) is 7.93. The molecule has 7 nitrogen and oxygen atoms in total. The van der Waals surface area contributed by atoms with Crippen molar-refractivity contribution in [2.24, 2.45) is 0 Å². The molecule has 3 rings (SSSR count). The summed E-state index contributed by atoms with van der Waals surface area (Å²) in [5, 5.41) is 10.0. The number of aromatic amines is 1. The van der Waals surface area contributed by atoms with Gasteiger partial charge in [-0.3, -0.25) is 9.89 Å². The maximum atomic E-state index is 12.7.